The average Bonchev–Trinajstić information content (AvgIpc) is 2.65. The average molecular weight is 414 g/mol. The number of hydrogen-bond acceptors (Lipinski definition) is 3. The van der Waals surface area contributed by atoms with Crippen LogP contribution in [0.2, 0.25) is 10.0 Å². The number of primary amides is 1. The van der Waals surface area contributed by atoms with Gasteiger partial charge in [-0.2, -0.15) is 0 Å². The molecule has 1 fully saturated rings. The van der Waals surface area contributed by atoms with Crippen molar-refractivity contribution in [2.75, 3.05) is 33.2 Å². The summed E-state index contributed by atoms with van der Waals surface area (Å²) in [5.74, 6) is 0.660. The molecule has 1 aliphatic heterocycles. The van der Waals surface area contributed by atoms with Crippen molar-refractivity contribution in [2.45, 2.75) is 32.2 Å². The lowest BCUT2D eigenvalue weighted by Crippen LogP contribution is -2.39. The van der Waals surface area contributed by atoms with Crippen molar-refractivity contribution in [2.24, 2.45) is 16.6 Å². The molecule has 27 heavy (non-hydrogen) atoms. The van der Waals surface area contributed by atoms with Crippen LogP contribution in [0.3, 0.4) is 0 Å². The number of halogens is 2. The number of nitrogens with zero attached hydrogens (tertiary/aromatic N) is 2. The number of amides is 1. The zero-order valence-corrected chi connectivity index (χ0v) is 17.3. The van der Waals surface area contributed by atoms with Gasteiger partial charge in [-0.15, -0.1) is 0 Å². The van der Waals surface area contributed by atoms with E-state index in [2.05, 4.69) is 20.5 Å². The number of guanidine groups is 1. The van der Waals surface area contributed by atoms with Crippen molar-refractivity contribution in [1.29, 1.82) is 0 Å². The molecule has 1 aromatic carbocycles. The molecule has 0 saturated carbocycles. The predicted octanol–water partition coefficient (Wildman–Crippen LogP) is 2.64. The van der Waals surface area contributed by atoms with Gasteiger partial charge in [0, 0.05) is 36.1 Å². The maximum absolute atomic E-state index is 11.2. The van der Waals surface area contributed by atoms with Crippen LogP contribution in [-0.4, -0.2) is 50.0 Å². The first kappa shape index (κ1) is 21.8. The molecule has 2 rings (SSSR count). The summed E-state index contributed by atoms with van der Waals surface area (Å²) in [5, 5.41) is 7.85. The first-order valence-electron chi connectivity index (χ1n) is 9.39. The molecule has 1 heterocycles. The molecule has 8 heteroatoms. The molecule has 0 radical (unpaired) electrons. The third kappa shape index (κ3) is 7.56. The van der Waals surface area contributed by atoms with Gasteiger partial charge < -0.3 is 21.3 Å². The minimum absolute atomic E-state index is 0.0615. The van der Waals surface area contributed by atoms with Gasteiger partial charge in [0.25, 0.3) is 0 Å². The first-order valence-corrected chi connectivity index (χ1v) is 10.2. The zero-order valence-electron chi connectivity index (χ0n) is 15.8. The summed E-state index contributed by atoms with van der Waals surface area (Å²) in [6.07, 6.45) is 3.93. The van der Waals surface area contributed by atoms with Crippen LogP contribution in [-0.2, 0) is 11.3 Å². The molecule has 1 aromatic rings. The van der Waals surface area contributed by atoms with E-state index >= 15 is 0 Å². The van der Waals surface area contributed by atoms with E-state index in [1.165, 1.54) is 0 Å². The van der Waals surface area contributed by atoms with Crippen LogP contribution in [0.25, 0.3) is 0 Å². The Balaban J connectivity index is 1.59. The quantitative estimate of drug-likeness (QED) is 0.347. The van der Waals surface area contributed by atoms with E-state index in [0.717, 1.165) is 63.4 Å². The smallest absolute Gasteiger partial charge is 0.220 e. The molecule has 1 saturated heterocycles. The number of nitrogens with two attached hydrogens (primary N) is 1. The highest BCUT2D eigenvalue weighted by molar-refractivity contribution is 6.35. The van der Waals surface area contributed by atoms with Crippen molar-refractivity contribution in [3.8, 4) is 0 Å². The molecule has 0 bridgehead atoms. The topological polar surface area (TPSA) is 82.8 Å². The Kier molecular flexibility index (Phi) is 9.18. The van der Waals surface area contributed by atoms with Gasteiger partial charge in [0.1, 0.15) is 0 Å². The number of rotatable bonds is 8. The lowest BCUT2D eigenvalue weighted by Gasteiger charge is -2.30. The largest absolute Gasteiger partial charge is 0.369 e. The Bertz CT molecular complexity index is 645. The first-order chi connectivity index (χ1) is 13.0. The summed E-state index contributed by atoms with van der Waals surface area (Å²) in [7, 11) is 1.75. The van der Waals surface area contributed by atoms with Crippen LogP contribution in [0, 0.1) is 5.92 Å². The van der Waals surface area contributed by atoms with Gasteiger partial charge >= 0.3 is 0 Å². The van der Waals surface area contributed by atoms with Gasteiger partial charge in [-0.25, -0.2) is 0 Å². The molecule has 0 aromatic heterocycles. The molecule has 0 atom stereocenters. The monoisotopic (exact) mass is 413 g/mol. The molecule has 1 aliphatic rings. The van der Waals surface area contributed by atoms with Gasteiger partial charge in [-0.05, 0) is 63.0 Å². The molecule has 4 N–H and O–H groups in total. The van der Waals surface area contributed by atoms with Crippen LogP contribution in [0.4, 0.5) is 0 Å². The van der Waals surface area contributed by atoms with Crippen molar-refractivity contribution in [3.05, 3.63) is 33.8 Å². The number of aliphatic imine (C=N–C) groups is 1. The highest BCUT2D eigenvalue weighted by atomic mass is 35.5. The zero-order chi connectivity index (χ0) is 19.6. The summed E-state index contributed by atoms with van der Waals surface area (Å²) < 4.78 is 0. The number of benzene rings is 1. The highest BCUT2D eigenvalue weighted by Crippen LogP contribution is 2.20. The Labute approximate surface area is 171 Å². The lowest BCUT2D eigenvalue weighted by atomic mass is 9.96. The summed E-state index contributed by atoms with van der Waals surface area (Å²) in [6.45, 7) is 4.42. The second-order valence-corrected chi connectivity index (χ2v) is 7.66. The van der Waals surface area contributed by atoms with Crippen molar-refractivity contribution < 1.29 is 4.79 Å². The number of likely N-dealkylation sites (tertiary alicyclic amines) is 1. The number of nitrogens with one attached hydrogen (secondary N) is 2. The van der Waals surface area contributed by atoms with E-state index in [1.54, 1.807) is 13.1 Å². The summed E-state index contributed by atoms with van der Waals surface area (Å²) in [5.41, 5.74) is 6.35. The summed E-state index contributed by atoms with van der Waals surface area (Å²) in [4.78, 5) is 17.8. The van der Waals surface area contributed by atoms with E-state index < -0.39 is 0 Å². The van der Waals surface area contributed by atoms with E-state index in [1.807, 2.05) is 12.1 Å². The maximum Gasteiger partial charge on any atom is 0.220 e. The normalized spacial score (nSPS) is 16.3. The third-order valence-electron chi connectivity index (χ3n) is 4.87. The number of hydrogen-bond donors (Lipinski definition) is 3. The van der Waals surface area contributed by atoms with Gasteiger partial charge in [-0.1, -0.05) is 29.3 Å². The Morgan fingerprint density at radius 3 is 2.63 bits per heavy atom. The van der Waals surface area contributed by atoms with Gasteiger partial charge in [0.15, 0.2) is 5.96 Å². The van der Waals surface area contributed by atoms with Crippen LogP contribution < -0.4 is 16.4 Å². The summed E-state index contributed by atoms with van der Waals surface area (Å²) in [6, 6.07) is 5.47. The van der Waals surface area contributed by atoms with Crippen LogP contribution in [0.5, 0.6) is 0 Å². The van der Waals surface area contributed by atoms with Crippen molar-refractivity contribution >= 4 is 35.1 Å². The van der Waals surface area contributed by atoms with Crippen molar-refractivity contribution in [1.82, 2.24) is 15.5 Å². The van der Waals surface area contributed by atoms with Crippen LogP contribution >= 0.6 is 23.2 Å². The van der Waals surface area contributed by atoms with Crippen LogP contribution in [0.15, 0.2) is 23.2 Å². The van der Waals surface area contributed by atoms with Gasteiger partial charge in [0.2, 0.25) is 5.91 Å². The third-order valence-corrected chi connectivity index (χ3v) is 5.46. The Morgan fingerprint density at radius 1 is 1.26 bits per heavy atom. The molecule has 0 spiro atoms. The summed E-state index contributed by atoms with van der Waals surface area (Å²) >= 11 is 12.1. The Morgan fingerprint density at radius 2 is 2.00 bits per heavy atom. The predicted molar refractivity (Wildman–Crippen MR) is 112 cm³/mol. The maximum atomic E-state index is 11.2. The second-order valence-electron chi connectivity index (χ2n) is 6.81. The van der Waals surface area contributed by atoms with E-state index in [0.29, 0.717) is 16.6 Å². The highest BCUT2D eigenvalue weighted by Gasteiger charge is 2.22. The van der Waals surface area contributed by atoms with Gasteiger partial charge in [-0.3, -0.25) is 9.79 Å². The number of carbonyl (C=O) groups is 1. The molecule has 6 nitrogen and oxygen atoms in total. The standard InChI is InChI=1S/C19H29Cl2N5O/c1-23-19(25-13-15-4-5-16(20)12-17(15)21)24-8-2-3-9-26-10-6-14(7-11-26)18(22)27/h4-5,12,14H,2-3,6-11,13H2,1H3,(H2,22,27)(H2,23,24,25). The number of unbranched alkanes of at least 4 members (excludes halogenated alkanes) is 1. The van der Waals surface area contributed by atoms with Gasteiger partial charge in [0.05, 0.1) is 0 Å². The second kappa shape index (κ2) is 11.4. The van der Waals surface area contributed by atoms with E-state index in [-0.39, 0.29) is 11.8 Å². The number of carbonyl (C=O) groups excluding carboxylic acids is 1. The number of piperidine rings is 1. The molecule has 150 valence electrons. The van der Waals surface area contributed by atoms with Crippen LogP contribution in [0.1, 0.15) is 31.2 Å². The lowest BCUT2D eigenvalue weighted by molar-refractivity contribution is -0.123. The molecular weight excluding hydrogens is 385 g/mol. The fourth-order valence-electron chi connectivity index (χ4n) is 3.17. The van der Waals surface area contributed by atoms with Crippen molar-refractivity contribution in [3.63, 3.8) is 0 Å². The molecule has 1 amide bonds. The molecule has 0 aliphatic carbocycles. The fraction of sp³-hybridized carbons (Fsp3) is 0.579. The van der Waals surface area contributed by atoms with E-state index in [9.17, 15) is 4.79 Å². The minimum Gasteiger partial charge on any atom is -0.369 e. The molecule has 0 unspecified atom stereocenters. The Hall–Kier alpha value is -1.50. The fourth-order valence-corrected chi connectivity index (χ4v) is 3.65. The molecular formula is C19H29Cl2N5O. The minimum atomic E-state index is -0.155. The SMILES string of the molecule is CN=C(NCCCCN1CCC(C(N)=O)CC1)NCc1ccc(Cl)cc1Cl. The van der Waals surface area contributed by atoms with E-state index in [4.69, 9.17) is 28.9 Å².